The SMILES string of the molecule is [2H]c1c([2H])c([2H])c2c(-c3cc(-c4ccccc4)cc4oc5ccccc5c34)c3c([2H])c([2H])c([2H])c([2H])c3c(-c3ccc([2H])c4ccccc34)c2c1[2H]. The molecule has 1 heteroatoms. The standard InChI is InChI=1S/C42H26O/c1-2-13-27(14-3-1)29-25-37(42-36-22-10-11-24-38(36)43-39(42)26-29)41-34-20-8-6-18-32(34)40(33-19-7-9-21-35(33)41)31-23-12-16-28-15-4-5-17-30(28)31/h1-26H/i6D,7D,8D,9D,16D,18D,19D,20D,21D. The third kappa shape index (κ3) is 3.65. The van der Waals surface area contributed by atoms with Gasteiger partial charge in [0.15, 0.2) is 0 Å². The smallest absolute Gasteiger partial charge is 0.136 e. The molecule has 0 saturated heterocycles. The van der Waals surface area contributed by atoms with Crippen molar-refractivity contribution in [1.29, 1.82) is 0 Å². The van der Waals surface area contributed by atoms with Crippen LogP contribution in [0.25, 0.3) is 87.6 Å². The summed E-state index contributed by atoms with van der Waals surface area (Å²) in [5.41, 5.74) is 4.22. The first-order valence-electron chi connectivity index (χ1n) is 18.5. The molecule has 1 heterocycles. The zero-order valence-electron chi connectivity index (χ0n) is 31.7. The minimum Gasteiger partial charge on any atom is -0.456 e. The van der Waals surface area contributed by atoms with E-state index < -0.39 is 24.2 Å². The maximum absolute atomic E-state index is 9.48. The van der Waals surface area contributed by atoms with Gasteiger partial charge in [-0.15, -0.1) is 0 Å². The molecule has 0 bridgehead atoms. The van der Waals surface area contributed by atoms with Crippen LogP contribution in [0.3, 0.4) is 0 Å². The lowest BCUT2D eigenvalue weighted by Gasteiger charge is -2.19. The van der Waals surface area contributed by atoms with Gasteiger partial charge in [-0.3, -0.25) is 0 Å². The van der Waals surface area contributed by atoms with E-state index in [1.807, 2.05) is 84.9 Å². The molecule has 9 rings (SSSR count). The maximum Gasteiger partial charge on any atom is 0.136 e. The van der Waals surface area contributed by atoms with Gasteiger partial charge in [0.1, 0.15) is 11.2 Å². The maximum atomic E-state index is 9.48. The number of fused-ring (bicyclic) bond motifs is 6. The molecule has 0 unspecified atom stereocenters. The molecule has 9 aromatic rings. The van der Waals surface area contributed by atoms with Crippen molar-refractivity contribution in [2.75, 3.05) is 0 Å². The van der Waals surface area contributed by atoms with E-state index in [1.54, 1.807) is 18.2 Å². The molecular formula is C42H26O. The van der Waals surface area contributed by atoms with Crippen molar-refractivity contribution >= 4 is 54.3 Å². The molecule has 0 spiro atoms. The zero-order valence-corrected chi connectivity index (χ0v) is 22.7. The van der Waals surface area contributed by atoms with E-state index in [0.29, 0.717) is 38.5 Å². The lowest BCUT2D eigenvalue weighted by molar-refractivity contribution is 0.669. The quantitative estimate of drug-likeness (QED) is 0.198. The van der Waals surface area contributed by atoms with Crippen molar-refractivity contribution in [2.45, 2.75) is 0 Å². The van der Waals surface area contributed by atoms with Crippen LogP contribution in [0, 0.1) is 0 Å². The lowest BCUT2D eigenvalue weighted by atomic mass is 9.83. The van der Waals surface area contributed by atoms with Crippen LogP contribution in [0.1, 0.15) is 12.3 Å². The first-order valence-corrected chi connectivity index (χ1v) is 14.0. The van der Waals surface area contributed by atoms with E-state index in [2.05, 4.69) is 0 Å². The van der Waals surface area contributed by atoms with Crippen molar-refractivity contribution in [3.05, 3.63) is 158 Å². The van der Waals surface area contributed by atoms with Gasteiger partial charge in [0.05, 0.1) is 12.3 Å². The Kier molecular flexibility index (Phi) is 3.67. The number of furan rings is 1. The summed E-state index contributed by atoms with van der Waals surface area (Å²) in [6.07, 6.45) is 0. The Morgan fingerprint density at radius 2 is 1.02 bits per heavy atom. The summed E-state index contributed by atoms with van der Waals surface area (Å²) in [7, 11) is 0. The summed E-state index contributed by atoms with van der Waals surface area (Å²) in [5, 5.41) is 3.07. The van der Waals surface area contributed by atoms with Crippen molar-refractivity contribution < 1.29 is 16.8 Å². The molecule has 0 amide bonds. The fraction of sp³-hybridized carbons (Fsp3) is 0. The van der Waals surface area contributed by atoms with Gasteiger partial charge in [0.2, 0.25) is 0 Å². The van der Waals surface area contributed by atoms with Gasteiger partial charge in [0.25, 0.3) is 0 Å². The molecule has 1 aromatic heterocycles. The second-order valence-electron chi connectivity index (χ2n) is 10.5. The molecule has 0 radical (unpaired) electrons. The molecule has 0 aliphatic rings. The molecular weight excluding hydrogens is 520 g/mol. The number of hydrogen-bond donors (Lipinski definition) is 0. The molecule has 0 fully saturated rings. The summed E-state index contributed by atoms with van der Waals surface area (Å²) in [5.74, 6) is 0. The Bertz CT molecular complexity index is 2920. The second-order valence-corrected chi connectivity index (χ2v) is 10.5. The Balaban J connectivity index is 1.63. The van der Waals surface area contributed by atoms with E-state index >= 15 is 0 Å². The van der Waals surface area contributed by atoms with Gasteiger partial charge in [-0.2, -0.15) is 0 Å². The fourth-order valence-electron chi connectivity index (χ4n) is 6.38. The van der Waals surface area contributed by atoms with Crippen LogP contribution >= 0.6 is 0 Å². The van der Waals surface area contributed by atoms with Gasteiger partial charge >= 0.3 is 0 Å². The molecule has 200 valence electrons. The Morgan fingerprint density at radius 1 is 0.419 bits per heavy atom. The van der Waals surface area contributed by atoms with E-state index in [1.165, 1.54) is 0 Å². The van der Waals surface area contributed by atoms with E-state index in [4.69, 9.17) is 11.3 Å². The highest BCUT2D eigenvalue weighted by Gasteiger charge is 2.22. The molecule has 0 aliphatic heterocycles. The summed E-state index contributed by atoms with van der Waals surface area (Å²) in [4.78, 5) is 0. The summed E-state index contributed by atoms with van der Waals surface area (Å²) in [6, 6.07) is 28.5. The number of para-hydroxylation sites is 1. The normalized spacial score (nSPS) is 14.7. The number of hydrogen-bond acceptors (Lipinski definition) is 1. The Hall–Kier alpha value is -5.66. The predicted octanol–water partition coefficient (Wildman–Crippen LogP) is 12.0. The minimum atomic E-state index is -0.469. The third-order valence-corrected chi connectivity index (χ3v) is 8.21. The van der Waals surface area contributed by atoms with Crippen LogP contribution in [0.2, 0.25) is 0 Å². The van der Waals surface area contributed by atoms with Crippen molar-refractivity contribution in [3.8, 4) is 33.4 Å². The van der Waals surface area contributed by atoms with Crippen LogP contribution in [-0.2, 0) is 0 Å². The van der Waals surface area contributed by atoms with Crippen LogP contribution in [0.5, 0.6) is 0 Å². The van der Waals surface area contributed by atoms with E-state index in [-0.39, 0.29) is 62.9 Å². The van der Waals surface area contributed by atoms with Gasteiger partial charge in [-0.05, 0) is 83.9 Å². The van der Waals surface area contributed by atoms with Gasteiger partial charge in [-0.25, -0.2) is 0 Å². The second kappa shape index (κ2) is 9.44. The molecule has 0 saturated carbocycles. The van der Waals surface area contributed by atoms with Gasteiger partial charge in [-0.1, -0.05) is 139 Å². The molecule has 43 heavy (non-hydrogen) atoms. The first kappa shape index (κ1) is 16.7. The van der Waals surface area contributed by atoms with Crippen LogP contribution < -0.4 is 0 Å². The molecule has 0 aliphatic carbocycles. The van der Waals surface area contributed by atoms with E-state index in [0.717, 1.165) is 16.5 Å². The number of rotatable bonds is 3. The molecule has 0 atom stereocenters. The molecule has 0 N–H and O–H groups in total. The molecule has 8 aromatic carbocycles. The molecule has 1 nitrogen and oxygen atoms in total. The highest BCUT2D eigenvalue weighted by Crippen LogP contribution is 2.48. The highest BCUT2D eigenvalue weighted by molar-refractivity contribution is 6.27. The Morgan fingerprint density at radius 3 is 1.74 bits per heavy atom. The summed E-state index contributed by atoms with van der Waals surface area (Å²) in [6.45, 7) is 0. The zero-order chi connectivity index (χ0) is 36.2. The average molecular weight is 556 g/mol. The summed E-state index contributed by atoms with van der Waals surface area (Å²) < 4.78 is 88.4. The van der Waals surface area contributed by atoms with Crippen LogP contribution in [0.4, 0.5) is 0 Å². The lowest BCUT2D eigenvalue weighted by Crippen LogP contribution is -1.92. The van der Waals surface area contributed by atoms with E-state index in [9.17, 15) is 5.48 Å². The van der Waals surface area contributed by atoms with Crippen LogP contribution in [-0.4, -0.2) is 0 Å². The highest BCUT2D eigenvalue weighted by atomic mass is 16.3. The van der Waals surface area contributed by atoms with Crippen molar-refractivity contribution in [2.24, 2.45) is 0 Å². The number of benzene rings is 8. The monoisotopic (exact) mass is 555 g/mol. The summed E-state index contributed by atoms with van der Waals surface area (Å²) >= 11 is 0. The van der Waals surface area contributed by atoms with Crippen LogP contribution in [0.15, 0.2) is 162 Å². The first-order chi connectivity index (χ1) is 25.1. The van der Waals surface area contributed by atoms with Crippen molar-refractivity contribution in [1.82, 2.24) is 0 Å². The van der Waals surface area contributed by atoms with Gasteiger partial charge < -0.3 is 4.42 Å². The van der Waals surface area contributed by atoms with Crippen molar-refractivity contribution in [3.63, 3.8) is 0 Å². The predicted molar refractivity (Wildman–Crippen MR) is 183 cm³/mol. The van der Waals surface area contributed by atoms with Gasteiger partial charge in [0, 0.05) is 10.8 Å². The largest absolute Gasteiger partial charge is 0.456 e. The Labute approximate surface area is 261 Å². The minimum absolute atomic E-state index is 0.118. The fourth-order valence-corrected chi connectivity index (χ4v) is 6.38. The third-order valence-electron chi connectivity index (χ3n) is 8.21. The average Bonchev–Trinajstić information content (AvgIpc) is 3.55. The topological polar surface area (TPSA) is 13.1 Å².